The highest BCUT2D eigenvalue weighted by atomic mass is 32.2. The van der Waals surface area contributed by atoms with E-state index < -0.39 is 6.09 Å². The highest BCUT2D eigenvalue weighted by Crippen LogP contribution is 2.33. The summed E-state index contributed by atoms with van der Waals surface area (Å²) in [7, 11) is 1.76. The fourth-order valence-corrected chi connectivity index (χ4v) is 3.81. The summed E-state index contributed by atoms with van der Waals surface area (Å²) in [6.07, 6.45) is 1.11. The summed E-state index contributed by atoms with van der Waals surface area (Å²) in [4.78, 5) is 11.1. The van der Waals surface area contributed by atoms with Crippen molar-refractivity contribution in [3.8, 4) is 22.6 Å². The van der Waals surface area contributed by atoms with Crippen molar-refractivity contribution in [3.05, 3.63) is 83.3 Å². The number of nitrogen functional groups attached to an aromatic ring is 1. The molecule has 0 fully saturated rings. The lowest BCUT2D eigenvalue weighted by Crippen LogP contribution is -2.18. The van der Waals surface area contributed by atoms with Crippen LogP contribution in [0, 0.1) is 0 Å². The number of anilines is 1. The molecule has 0 aliphatic rings. The van der Waals surface area contributed by atoms with Crippen molar-refractivity contribution in [2.45, 2.75) is 12.2 Å². The van der Waals surface area contributed by atoms with E-state index in [1.165, 1.54) is 5.56 Å². The fraction of sp³-hybridized carbons (Fsp3) is 0.160. The van der Waals surface area contributed by atoms with Crippen LogP contribution in [0.5, 0.6) is 11.5 Å². The minimum atomic E-state index is -0.880. The molecule has 3 aromatic carbocycles. The maximum Gasteiger partial charge on any atom is 0.410 e. The highest BCUT2D eigenvalue weighted by molar-refractivity contribution is 8.02. The first-order chi connectivity index (χ1) is 15.5. The van der Waals surface area contributed by atoms with Gasteiger partial charge in [0.1, 0.15) is 6.73 Å². The van der Waals surface area contributed by atoms with Crippen LogP contribution in [0.3, 0.4) is 0 Å². The average molecular weight is 450 g/mol. The molecule has 3 aromatic rings. The van der Waals surface area contributed by atoms with Gasteiger partial charge in [-0.15, -0.1) is 11.8 Å². The van der Waals surface area contributed by atoms with Gasteiger partial charge in [0.25, 0.3) is 0 Å². The minimum Gasteiger partial charge on any atom is -0.474 e. The Hall–Kier alpha value is -3.42. The summed E-state index contributed by atoms with van der Waals surface area (Å²) in [5.41, 5.74) is 16.1. The van der Waals surface area contributed by atoms with Gasteiger partial charge in [0.15, 0.2) is 11.5 Å². The molecule has 0 spiro atoms. The third kappa shape index (κ3) is 6.54. The van der Waals surface area contributed by atoms with Crippen LogP contribution in [0.4, 0.5) is 10.5 Å². The van der Waals surface area contributed by atoms with Gasteiger partial charge in [0, 0.05) is 10.9 Å². The Morgan fingerprint density at radius 1 is 1.03 bits per heavy atom. The number of benzene rings is 3. The van der Waals surface area contributed by atoms with Gasteiger partial charge in [-0.05, 0) is 72.0 Å². The Kier molecular flexibility index (Phi) is 8.19. The predicted octanol–water partition coefficient (Wildman–Crippen LogP) is 5.41. The number of thioether (sulfide) groups is 1. The van der Waals surface area contributed by atoms with Crippen LogP contribution in [0.1, 0.15) is 23.3 Å². The van der Waals surface area contributed by atoms with Gasteiger partial charge in [-0.2, -0.15) is 0 Å². The van der Waals surface area contributed by atoms with E-state index in [1.807, 2.05) is 41.8 Å². The Balaban J connectivity index is 1.64. The van der Waals surface area contributed by atoms with E-state index in [1.54, 1.807) is 30.9 Å². The first-order valence-corrected chi connectivity index (χ1v) is 11.1. The number of hydrogen-bond donors (Lipinski definition) is 3. The van der Waals surface area contributed by atoms with E-state index >= 15 is 0 Å². The van der Waals surface area contributed by atoms with Crippen LogP contribution < -0.4 is 26.3 Å². The molecule has 0 radical (unpaired) electrons. The van der Waals surface area contributed by atoms with Gasteiger partial charge in [0.2, 0.25) is 0 Å². The lowest BCUT2D eigenvalue weighted by Gasteiger charge is -2.12. The second-order valence-corrected chi connectivity index (χ2v) is 8.35. The Bertz CT molecular complexity index is 1070. The molecule has 0 aliphatic heterocycles. The molecule has 0 heterocycles. The van der Waals surface area contributed by atoms with E-state index in [2.05, 4.69) is 36.5 Å². The van der Waals surface area contributed by atoms with Gasteiger partial charge in [0.05, 0.1) is 0 Å². The summed E-state index contributed by atoms with van der Waals surface area (Å²) in [5.74, 6) is 0.726. The van der Waals surface area contributed by atoms with E-state index in [4.69, 9.17) is 20.9 Å². The normalized spacial score (nSPS) is 11.9. The molecule has 1 amide bonds. The molecule has 0 aromatic heterocycles. The van der Waals surface area contributed by atoms with E-state index in [-0.39, 0.29) is 17.7 Å². The van der Waals surface area contributed by atoms with Crippen LogP contribution in [-0.2, 0) is 0 Å². The lowest BCUT2D eigenvalue weighted by molar-refractivity contribution is 0.206. The third-order valence-corrected chi connectivity index (χ3v) is 5.69. The quantitative estimate of drug-likeness (QED) is 0.298. The van der Waals surface area contributed by atoms with Gasteiger partial charge in [-0.25, -0.2) is 4.79 Å². The van der Waals surface area contributed by atoms with Gasteiger partial charge >= 0.3 is 6.09 Å². The van der Waals surface area contributed by atoms with Gasteiger partial charge in [-0.3, -0.25) is 5.32 Å². The van der Waals surface area contributed by atoms with E-state index in [0.29, 0.717) is 5.75 Å². The molecule has 0 saturated heterocycles. The van der Waals surface area contributed by atoms with E-state index in [9.17, 15) is 4.79 Å². The second-order valence-electron chi connectivity index (χ2n) is 7.09. The largest absolute Gasteiger partial charge is 0.474 e. The van der Waals surface area contributed by atoms with Crippen molar-refractivity contribution in [2.24, 2.45) is 5.73 Å². The zero-order chi connectivity index (χ0) is 22.9. The van der Waals surface area contributed by atoms with Crippen LogP contribution >= 0.6 is 11.8 Å². The zero-order valence-corrected chi connectivity index (χ0v) is 18.9. The molecule has 3 rings (SSSR count). The number of amides is 1. The number of nitrogens with two attached hydrogens (primary N) is 2. The molecule has 0 saturated carbocycles. The summed E-state index contributed by atoms with van der Waals surface area (Å²) in [6, 6.07) is 21.7. The molecular formula is C25H27N3O3S. The fourth-order valence-electron chi connectivity index (χ4n) is 3.02. The summed E-state index contributed by atoms with van der Waals surface area (Å²) in [5, 5.41) is 5.22. The third-order valence-electron chi connectivity index (χ3n) is 4.72. The smallest absolute Gasteiger partial charge is 0.410 e. The second kappa shape index (κ2) is 11.3. The molecule has 1 atom stereocenters. The lowest BCUT2D eigenvalue weighted by atomic mass is 10.0. The van der Waals surface area contributed by atoms with Crippen LogP contribution in [0.15, 0.2) is 72.1 Å². The summed E-state index contributed by atoms with van der Waals surface area (Å²) >= 11 is 1.71. The van der Waals surface area contributed by atoms with Crippen LogP contribution in [0.2, 0.25) is 0 Å². The number of nitrogens with one attached hydrogen (secondary N) is 1. The van der Waals surface area contributed by atoms with Crippen molar-refractivity contribution in [3.63, 3.8) is 0 Å². The highest BCUT2D eigenvalue weighted by Gasteiger charge is 2.09. The Morgan fingerprint density at radius 2 is 1.69 bits per heavy atom. The van der Waals surface area contributed by atoms with E-state index in [0.717, 1.165) is 22.4 Å². The maximum atomic E-state index is 11.1. The average Bonchev–Trinajstić information content (AvgIpc) is 2.79. The monoisotopic (exact) mass is 449 g/mol. The SMILES string of the molecule is CNCOc1cc(/C=C/SC(C)c2ccc(-c3ccc(N)cc3)cc2)ccc1OC(N)=O. The molecule has 166 valence electrons. The van der Waals surface area contributed by atoms with Crippen molar-refractivity contribution >= 4 is 29.6 Å². The van der Waals surface area contributed by atoms with Crippen molar-refractivity contribution in [2.75, 3.05) is 19.5 Å². The van der Waals surface area contributed by atoms with Crippen LogP contribution in [0.25, 0.3) is 17.2 Å². The molecular weight excluding hydrogens is 422 g/mol. The molecule has 1 unspecified atom stereocenters. The molecule has 7 heteroatoms. The minimum absolute atomic E-state index is 0.278. The molecule has 5 N–H and O–H groups in total. The first-order valence-electron chi connectivity index (χ1n) is 10.1. The number of rotatable bonds is 9. The first kappa shape index (κ1) is 23.2. The Morgan fingerprint density at radius 3 is 2.31 bits per heavy atom. The van der Waals surface area contributed by atoms with Gasteiger partial charge in [-0.1, -0.05) is 42.5 Å². The number of hydrogen-bond acceptors (Lipinski definition) is 6. The number of ether oxygens (including phenoxy) is 2. The van der Waals surface area contributed by atoms with Crippen LogP contribution in [-0.4, -0.2) is 19.9 Å². The number of carbonyl (C=O) groups excluding carboxylic acids is 1. The van der Waals surface area contributed by atoms with Crippen molar-refractivity contribution in [1.29, 1.82) is 0 Å². The molecule has 6 nitrogen and oxygen atoms in total. The van der Waals surface area contributed by atoms with Crippen molar-refractivity contribution < 1.29 is 14.3 Å². The summed E-state index contributed by atoms with van der Waals surface area (Å²) < 4.78 is 10.6. The topological polar surface area (TPSA) is 99.6 Å². The Labute approximate surface area is 192 Å². The molecule has 0 aliphatic carbocycles. The molecule has 32 heavy (non-hydrogen) atoms. The summed E-state index contributed by atoms with van der Waals surface area (Å²) in [6.45, 7) is 2.44. The number of carbonyl (C=O) groups is 1. The standard InChI is InChI=1S/C25H27N3O3S/c1-17(19-4-6-20(7-5-19)21-8-10-22(26)11-9-21)32-14-13-18-3-12-23(31-25(27)29)24(15-18)30-16-28-2/h3-15,17,28H,16,26H2,1-2H3,(H2,27,29)/b14-13+. The maximum absolute atomic E-state index is 11.1. The van der Waals surface area contributed by atoms with Gasteiger partial charge < -0.3 is 20.9 Å². The zero-order valence-electron chi connectivity index (χ0n) is 18.1. The molecule has 0 bridgehead atoms. The predicted molar refractivity (Wildman–Crippen MR) is 133 cm³/mol. The van der Waals surface area contributed by atoms with Crippen molar-refractivity contribution in [1.82, 2.24) is 5.32 Å². The number of primary amides is 1.